The van der Waals surface area contributed by atoms with Crippen LogP contribution in [-0.4, -0.2) is 41.4 Å². The average Bonchev–Trinajstić information content (AvgIpc) is 3.31. The van der Waals surface area contributed by atoms with Crippen LogP contribution in [-0.2, 0) is 4.79 Å². The van der Waals surface area contributed by atoms with Gasteiger partial charge >= 0.3 is 0 Å². The highest BCUT2D eigenvalue weighted by Crippen LogP contribution is 2.30. The highest BCUT2D eigenvalue weighted by Gasteiger charge is 2.44. The van der Waals surface area contributed by atoms with E-state index in [0.717, 1.165) is 12.8 Å². The zero-order valence-electron chi connectivity index (χ0n) is 14.9. The Balaban J connectivity index is 1.51. The van der Waals surface area contributed by atoms with Crippen molar-refractivity contribution in [3.8, 4) is 0 Å². The minimum absolute atomic E-state index is 0.00644. The second-order valence-corrected chi connectivity index (χ2v) is 8.18. The van der Waals surface area contributed by atoms with Gasteiger partial charge in [0.1, 0.15) is 11.4 Å². The summed E-state index contributed by atoms with van der Waals surface area (Å²) in [6, 6.07) is 10.1. The van der Waals surface area contributed by atoms with Gasteiger partial charge in [0.15, 0.2) is 0 Å². The summed E-state index contributed by atoms with van der Waals surface area (Å²) in [4.78, 5) is 28.1. The Morgan fingerprint density at radius 3 is 2.56 bits per heavy atom. The molecule has 1 saturated carbocycles. The topological polar surface area (TPSA) is 61.4 Å². The van der Waals surface area contributed by atoms with E-state index in [1.807, 2.05) is 17.5 Å². The number of benzene rings is 1. The summed E-state index contributed by atoms with van der Waals surface area (Å²) in [7, 11) is 0. The number of hydrogen-bond donors (Lipinski definition) is 2. The smallest absolute Gasteiger partial charge is 0.263 e. The third-order valence-electron chi connectivity index (χ3n) is 5.19. The second-order valence-electron chi connectivity index (χ2n) is 7.23. The van der Waals surface area contributed by atoms with Crippen molar-refractivity contribution in [3.05, 3.63) is 52.5 Å². The molecule has 4 rings (SSSR count). The molecule has 1 saturated heterocycles. The maximum absolute atomic E-state index is 13.6. The van der Waals surface area contributed by atoms with Crippen molar-refractivity contribution in [1.82, 2.24) is 10.2 Å². The summed E-state index contributed by atoms with van der Waals surface area (Å²) in [6.07, 6.45) is 2.98. The molecule has 142 valence electrons. The molecule has 0 bridgehead atoms. The van der Waals surface area contributed by atoms with Crippen LogP contribution in [0.1, 0.15) is 35.4 Å². The molecule has 0 radical (unpaired) electrons. The predicted octanol–water partition coefficient (Wildman–Crippen LogP) is 3.25. The molecule has 0 spiro atoms. The van der Waals surface area contributed by atoms with Crippen molar-refractivity contribution in [2.45, 2.75) is 37.3 Å². The van der Waals surface area contributed by atoms with Gasteiger partial charge in [-0.25, -0.2) is 4.39 Å². The normalized spacial score (nSPS) is 18.8. The number of carbonyl (C=O) groups excluding carboxylic acids is 2. The molecule has 2 N–H and O–H groups in total. The van der Waals surface area contributed by atoms with E-state index in [4.69, 9.17) is 0 Å². The summed E-state index contributed by atoms with van der Waals surface area (Å²) in [6.45, 7) is 0.967. The standard InChI is InChI=1S/C20H22FN3O2S/c21-14-3-1-4-16(13-14)23-20(19(26)22-15-6-7-15)8-10-24(11-9-20)18(25)17-5-2-12-27-17/h1-5,12-13,15,23H,6-11H2,(H,22,26). The van der Waals surface area contributed by atoms with Gasteiger partial charge in [-0.1, -0.05) is 12.1 Å². The van der Waals surface area contributed by atoms with E-state index in [0.29, 0.717) is 36.5 Å². The van der Waals surface area contributed by atoms with Gasteiger partial charge in [-0.15, -0.1) is 11.3 Å². The van der Waals surface area contributed by atoms with Gasteiger partial charge < -0.3 is 15.5 Å². The molecule has 0 atom stereocenters. The van der Waals surface area contributed by atoms with Crippen molar-refractivity contribution in [2.24, 2.45) is 0 Å². The first kappa shape index (κ1) is 18.0. The molecule has 1 aromatic carbocycles. The van der Waals surface area contributed by atoms with Crippen LogP contribution >= 0.6 is 11.3 Å². The zero-order chi connectivity index (χ0) is 18.9. The summed E-state index contributed by atoms with van der Waals surface area (Å²) < 4.78 is 13.6. The quantitative estimate of drug-likeness (QED) is 0.828. The van der Waals surface area contributed by atoms with Crippen molar-refractivity contribution in [2.75, 3.05) is 18.4 Å². The highest BCUT2D eigenvalue weighted by atomic mass is 32.1. The van der Waals surface area contributed by atoms with Crippen LogP contribution in [0.3, 0.4) is 0 Å². The number of nitrogens with one attached hydrogen (secondary N) is 2. The highest BCUT2D eigenvalue weighted by molar-refractivity contribution is 7.12. The third kappa shape index (κ3) is 3.98. The molecular weight excluding hydrogens is 365 g/mol. The Labute approximate surface area is 161 Å². The molecular formula is C20H22FN3O2S. The fourth-order valence-corrected chi connectivity index (χ4v) is 4.14. The van der Waals surface area contributed by atoms with E-state index in [1.54, 1.807) is 17.0 Å². The average molecular weight is 387 g/mol. The minimum Gasteiger partial charge on any atom is -0.371 e. The van der Waals surface area contributed by atoms with Crippen molar-refractivity contribution < 1.29 is 14.0 Å². The van der Waals surface area contributed by atoms with Crippen LogP contribution in [0.4, 0.5) is 10.1 Å². The molecule has 1 aromatic heterocycles. The van der Waals surface area contributed by atoms with Gasteiger partial charge in [0.2, 0.25) is 5.91 Å². The molecule has 1 aliphatic heterocycles. The largest absolute Gasteiger partial charge is 0.371 e. The van der Waals surface area contributed by atoms with Crippen molar-refractivity contribution in [3.63, 3.8) is 0 Å². The number of rotatable bonds is 5. The third-order valence-corrected chi connectivity index (χ3v) is 6.05. The molecule has 0 unspecified atom stereocenters. The van der Waals surface area contributed by atoms with Crippen LogP contribution in [0.15, 0.2) is 41.8 Å². The van der Waals surface area contributed by atoms with E-state index in [2.05, 4.69) is 10.6 Å². The van der Waals surface area contributed by atoms with Gasteiger partial charge in [-0.2, -0.15) is 0 Å². The van der Waals surface area contributed by atoms with E-state index in [1.165, 1.54) is 23.5 Å². The lowest BCUT2D eigenvalue weighted by Gasteiger charge is -2.41. The summed E-state index contributed by atoms with van der Waals surface area (Å²) in [5.41, 5.74) is -0.248. The van der Waals surface area contributed by atoms with E-state index in [9.17, 15) is 14.0 Å². The monoisotopic (exact) mass is 387 g/mol. The number of amides is 2. The van der Waals surface area contributed by atoms with Crippen LogP contribution in [0.25, 0.3) is 0 Å². The lowest BCUT2D eigenvalue weighted by Crippen LogP contribution is -2.59. The molecule has 1 aliphatic carbocycles. The summed E-state index contributed by atoms with van der Waals surface area (Å²) in [5, 5.41) is 8.23. The first-order chi connectivity index (χ1) is 13.1. The predicted molar refractivity (Wildman–Crippen MR) is 103 cm³/mol. The van der Waals surface area contributed by atoms with Gasteiger partial charge in [0.05, 0.1) is 4.88 Å². The molecule has 2 fully saturated rings. The number of nitrogens with zero attached hydrogens (tertiary/aromatic N) is 1. The number of anilines is 1. The van der Waals surface area contributed by atoms with Crippen LogP contribution < -0.4 is 10.6 Å². The zero-order valence-corrected chi connectivity index (χ0v) is 15.7. The fourth-order valence-electron chi connectivity index (χ4n) is 3.45. The first-order valence-electron chi connectivity index (χ1n) is 9.23. The number of piperidine rings is 1. The summed E-state index contributed by atoms with van der Waals surface area (Å²) in [5.74, 6) is -0.396. The van der Waals surface area contributed by atoms with Crippen LogP contribution in [0, 0.1) is 5.82 Å². The second kappa shape index (κ2) is 7.31. The number of hydrogen-bond acceptors (Lipinski definition) is 4. The van der Waals surface area contributed by atoms with Crippen LogP contribution in [0.5, 0.6) is 0 Å². The molecule has 2 aliphatic rings. The van der Waals surface area contributed by atoms with Gasteiger partial charge in [0.25, 0.3) is 5.91 Å². The van der Waals surface area contributed by atoms with Crippen molar-refractivity contribution in [1.29, 1.82) is 0 Å². The number of likely N-dealkylation sites (tertiary alicyclic amines) is 1. The first-order valence-corrected chi connectivity index (χ1v) is 10.1. The molecule has 27 heavy (non-hydrogen) atoms. The molecule has 2 amide bonds. The molecule has 5 nitrogen and oxygen atoms in total. The minimum atomic E-state index is -0.831. The lowest BCUT2D eigenvalue weighted by atomic mass is 9.85. The number of thiophene rings is 1. The Bertz CT molecular complexity index is 828. The lowest BCUT2D eigenvalue weighted by molar-refractivity contribution is -0.127. The van der Waals surface area contributed by atoms with E-state index >= 15 is 0 Å². The maximum Gasteiger partial charge on any atom is 0.263 e. The Morgan fingerprint density at radius 1 is 1.15 bits per heavy atom. The maximum atomic E-state index is 13.6. The van der Waals surface area contributed by atoms with Crippen molar-refractivity contribution >= 4 is 28.8 Å². The number of carbonyl (C=O) groups is 2. The Hall–Kier alpha value is -2.41. The molecule has 2 heterocycles. The van der Waals surface area contributed by atoms with E-state index < -0.39 is 5.54 Å². The van der Waals surface area contributed by atoms with Gasteiger partial charge in [-0.05, 0) is 55.3 Å². The molecule has 7 heteroatoms. The summed E-state index contributed by atoms with van der Waals surface area (Å²) >= 11 is 1.42. The Kier molecular flexibility index (Phi) is 4.86. The van der Waals surface area contributed by atoms with Gasteiger partial charge in [-0.3, -0.25) is 9.59 Å². The number of halogens is 1. The SMILES string of the molecule is O=C(c1cccs1)N1CCC(Nc2cccc(F)c2)(C(=O)NC2CC2)CC1. The van der Waals surface area contributed by atoms with Gasteiger partial charge in [0, 0.05) is 24.8 Å². The van der Waals surface area contributed by atoms with E-state index in [-0.39, 0.29) is 23.7 Å². The molecule has 2 aromatic rings. The van der Waals surface area contributed by atoms with Crippen LogP contribution in [0.2, 0.25) is 0 Å². The Morgan fingerprint density at radius 2 is 1.93 bits per heavy atom. The fraction of sp³-hybridized carbons (Fsp3) is 0.400.